The van der Waals surface area contributed by atoms with Crippen molar-refractivity contribution in [3.63, 3.8) is 0 Å². The Bertz CT molecular complexity index is 717. The van der Waals surface area contributed by atoms with Crippen LogP contribution in [0.5, 0.6) is 0 Å². The summed E-state index contributed by atoms with van der Waals surface area (Å²) in [4.78, 5) is 19.0. The van der Waals surface area contributed by atoms with Crippen LogP contribution in [-0.2, 0) is 6.42 Å². The SMILES string of the molecule is CC1CCCN(c2ccnc(C(=O)NCCc3ccc(Cl)cc3)c2)C1. The lowest BCUT2D eigenvalue weighted by Gasteiger charge is -2.32. The highest BCUT2D eigenvalue weighted by Gasteiger charge is 2.18. The zero-order valence-corrected chi connectivity index (χ0v) is 15.3. The molecule has 1 aromatic heterocycles. The average molecular weight is 358 g/mol. The first kappa shape index (κ1) is 17.7. The van der Waals surface area contributed by atoms with Gasteiger partial charge in [0.15, 0.2) is 0 Å². The van der Waals surface area contributed by atoms with E-state index in [9.17, 15) is 4.79 Å². The number of nitrogens with one attached hydrogen (secondary N) is 1. The Labute approximate surface area is 154 Å². The Hall–Kier alpha value is -2.07. The predicted octanol–water partition coefficient (Wildman–Crippen LogP) is 3.94. The topological polar surface area (TPSA) is 45.2 Å². The third-order valence-corrected chi connectivity index (χ3v) is 4.86. The van der Waals surface area contributed by atoms with Crippen LogP contribution in [0.4, 0.5) is 5.69 Å². The van der Waals surface area contributed by atoms with E-state index in [1.54, 1.807) is 6.20 Å². The van der Waals surface area contributed by atoms with Gasteiger partial charge >= 0.3 is 0 Å². The number of aromatic nitrogens is 1. The highest BCUT2D eigenvalue weighted by atomic mass is 35.5. The van der Waals surface area contributed by atoms with Crippen LogP contribution in [0.15, 0.2) is 42.6 Å². The van der Waals surface area contributed by atoms with Gasteiger partial charge in [0.1, 0.15) is 5.69 Å². The fourth-order valence-electron chi connectivity index (χ4n) is 3.23. The average Bonchev–Trinajstić information content (AvgIpc) is 2.63. The Morgan fingerprint density at radius 1 is 1.32 bits per heavy atom. The second-order valence-electron chi connectivity index (χ2n) is 6.73. The van der Waals surface area contributed by atoms with Crippen LogP contribution in [0.1, 0.15) is 35.8 Å². The summed E-state index contributed by atoms with van der Waals surface area (Å²) in [5.41, 5.74) is 2.71. The summed E-state index contributed by atoms with van der Waals surface area (Å²) < 4.78 is 0. The van der Waals surface area contributed by atoms with E-state index in [-0.39, 0.29) is 5.91 Å². The molecule has 2 heterocycles. The van der Waals surface area contributed by atoms with Gasteiger partial charge in [-0.05, 0) is 55.0 Å². The lowest BCUT2D eigenvalue weighted by atomic mass is 10.00. The van der Waals surface area contributed by atoms with Gasteiger partial charge in [-0.1, -0.05) is 30.7 Å². The van der Waals surface area contributed by atoms with Gasteiger partial charge in [0.25, 0.3) is 5.91 Å². The van der Waals surface area contributed by atoms with Crippen molar-refractivity contribution in [3.8, 4) is 0 Å². The summed E-state index contributed by atoms with van der Waals surface area (Å²) in [6, 6.07) is 11.6. The maximum Gasteiger partial charge on any atom is 0.269 e. The molecule has 1 atom stereocenters. The molecule has 1 aromatic carbocycles. The van der Waals surface area contributed by atoms with E-state index < -0.39 is 0 Å². The summed E-state index contributed by atoms with van der Waals surface area (Å²) in [5.74, 6) is 0.569. The number of rotatable bonds is 5. The van der Waals surface area contributed by atoms with Crippen molar-refractivity contribution in [1.29, 1.82) is 0 Å². The third kappa shape index (κ3) is 4.95. The molecule has 1 aliphatic rings. The van der Waals surface area contributed by atoms with Gasteiger partial charge in [-0.3, -0.25) is 9.78 Å². The molecular formula is C20H24ClN3O. The molecule has 0 saturated carbocycles. The van der Waals surface area contributed by atoms with Crippen LogP contribution in [0, 0.1) is 5.92 Å². The zero-order chi connectivity index (χ0) is 17.6. The lowest BCUT2D eigenvalue weighted by molar-refractivity contribution is 0.0949. The molecule has 4 nitrogen and oxygen atoms in total. The van der Waals surface area contributed by atoms with E-state index in [0.29, 0.717) is 18.2 Å². The largest absolute Gasteiger partial charge is 0.371 e. The minimum atomic E-state index is -0.124. The summed E-state index contributed by atoms with van der Waals surface area (Å²) in [6.07, 6.45) is 4.97. The van der Waals surface area contributed by atoms with Crippen LogP contribution >= 0.6 is 11.6 Å². The van der Waals surface area contributed by atoms with Crippen molar-refractivity contribution in [2.75, 3.05) is 24.5 Å². The van der Waals surface area contributed by atoms with Gasteiger partial charge in [-0.15, -0.1) is 0 Å². The molecule has 5 heteroatoms. The van der Waals surface area contributed by atoms with Gasteiger partial charge in [0, 0.05) is 36.5 Å². The Kier molecular flexibility index (Phi) is 5.92. The number of anilines is 1. The number of hydrogen-bond acceptors (Lipinski definition) is 3. The molecule has 1 N–H and O–H groups in total. The number of benzene rings is 1. The fourth-order valence-corrected chi connectivity index (χ4v) is 3.35. The van der Waals surface area contributed by atoms with Crippen molar-refractivity contribution in [2.24, 2.45) is 5.92 Å². The first-order valence-electron chi connectivity index (χ1n) is 8.85. The van der Waals surface area contributed by atoms with Gasteiger partial charge in [-0.25, -0.2) is 0 Å². The number of carbonyl (C=O) groups is 1. The molecule has 1 saturated heterocycles. The number of pyridine rings is 1. The number of carbonyl (C=O) groups excluding carboxylic acids is 1. The zero-order valence-electron chi connectivity index (χ0n) is 14.5. The standard InChI is InChI=1S/C20H24ClN3O/c1-15-3-2-12-24(14-15)18-9-11-22-19(13-18)20(25)23-10-8-16-4-6-17(21)7-5-16/h4-7,9,11,13,15H,2-3,8,10,12,14H2,1H3,(H,23,25). The molecule has 1 aliphatic heterocycles. The molecule has 1 fully saturated rings. The van der Waals surface area contributed by atoms with E-state index in [1.165, 1.54) is 12.8 Å². The van der Waals surface area contributed by atoms with E-state index in [1.807, 2.05) is 36.4 Å². The molecule has 1 unspecified atom stereocenters. The maximum atomic E-state index is 12.4. The number of halogens is 1. The maximum absolute atomic E-state index is 12.4. The third-order valence-electron chi connectivity index (χ3n) is 4.61. The summed E-state index contributed by atoms with van der Waals surface area (Å²) in [7, 11) is 0. The molecule has 3 rings (SSSR count). The highest BCUT2D eigenvalue weighted by molar-refractivity contribution is 6.30. The molecule has 0 spiro atoms. The molecule has 25 heavy (non-hydrogen) atoms. The van der Waals surface area contributed by atoms with Crippen LogP contribution < -0.4 is 10.2 Å². The minimum absolute atomic E-state index is 0.124. The van der Waals surface area contributed by atoms with Crippen LogP contribution in [0.25, 0.3) is 0 Å². The van der Waals surface area contributed by atoms with Gasteiger partial charge in [0.2, 0.25) is 0 Å². The van der Waals surface area contributed by atoms with Crippen LogP contribution in [0.2, 0.25) is 5.02 Å². The van der Waals surface area contributed by atoms with Crippen molar-refractivity contribution in [2.45, 2.75) is 26.2 Å². The molecule has 0 radical (unpaired) electrons. The second kappa shape index (κ2) is 8.34. The molecule has 2 aromatic rings. The Balaban J connectivity index is 1.56. The molecule has 132 valence electrons. The van der Waals surface area contributed by atoms with Crippen molar-refractivity contribution in [3.05, 3.63) is 58.9 Å². The summed E-state index contributed by atoms with van der Waals surface area (Å²) >= 11 is 5.88. The number of hydrogen-bond donors (Lipinski definition) is 1. The van der Waals surface area contributed by atoms with Crippen molar-refractivity contribution in [1.82, 2.24) is 10.3 Å². The van der Waals surface area contributed by atoms with E-state index in [4.69, 9.17) is 11.6 Å². The molecule has 0 aliphatic carbocycles. The molecule has 0 bridgehead atoms. The molecular weight excluding hydrogens is 334 g/mol. The Morgan fingerprint density at radius 3 is 2.88 bits per heavy atom. The minimum Gasteiger partial charge on any atom is -0.371 e. The summed E-state index contributed by atoms with van der Waals surface area (Å²) in [5, 5.41) is 3.67. The van der Waals surface area contributed by atoms with Gasteiger partial charge in [0.05, 0.1) is 0 Å². The Morgan fingerprint density at radius 2 is 2.12 bits per heavy atom. The lowest BCUT2D eigenvalue weighted by Crippen LogP contribution is -2.34. The first-order chi connectivity index (χ1) is 12.1. The van der Waals surface area contributed by atoms with Crippen molar-refractivity contribution >= 4 is 23.2 Å². The van der Waals surface area contributed by atoms with E-state index >= 15 is 0 Å². The van der Waals surface area contributed by atoms with E-state index in [0.717, 1.165) is 35.8 Å². The van der Waals surface area contributed by atoms with Crippen molar-refractivity contribution < 1.29 is 4.79 Å². The quantitative estimate of drug-likeness (QED) is 0.881. The fraction of sp³-hybridized carbons (Fsp3) is 0.400. The normalized spacial score (nSPS) is 17.4. The highest BCUT2D eigenvalue weighted by Crippen LogP contribution is 2.23. The first-order valence-corrected chi connectivity index (χ1v) is 9.23. The summed E-state index contributed by atoms with van der Waals surface area (Å²) in [6.45, 7) is 4.94. The monoisotopic (exact) mass is 357 g/mol. The smallest absolute Gasteiger partial charge is 0.269 e. The van der Waals surface area contributed by atoms with E-state index in [2.05, 4.69) is 22.1 Å². The van der Waals surface area contributed by atoms with Crippen LogP contribution in [0.3, 0.4) is 0 Å². The number of nitrogens with zero attached hydrogens (tertiary/aromatic N) is 2. The predicted molar refractivity (Wildman–Crippen MR) is 102 cm³/mol. The second-order valence-corrected chi connectivity index (χ2v) is 7.16. The van der Waals surface area contributed by atoms with Gasteiger partial charge in [-0.2, -0.15) is 0 Å². The van der Waals surface area contributed by atoms with Gasteiger partial charge < -0.3 is 10.2 Å². The number of amides is 1. The molecule has 1 amide bonds. The van der Waals surface area contributed by atoms with Crippen LogP contribution in [-0.4, -0.2) is 30.5 Å². The number of piperidine rings is 1.